The van der Waals surface area contributed by atoms with Gasteiger partial charge in [0.1, 0.15) is 0 Å². The van der Waals surface area contributed by atoms with Gasteiger partial charge in [-0.1, -0.05) is 17.7 Å². The molecule has 108 valence electrons. The Morgan fingerprint density at radius 1 is 1.35 bits per heavy atom. The highest BCUT2D eigenvalue weighted by Gasteiger charge is 2.22. The van der Waals surface area contributed by atoms with Gasteiger partial charge in [0, 0.05) is 29.9 Å². The van der Waals surface area contributed by atoms with Crippen LogP contribution in [-0.2, 0) is 16.6 Å². The van der Waals surface area contributed by atoms with Gasteiger partial charge < -0.3 is 0 Å². The monoisotopic (exact) mass is 313 g/mol. The van der Waals surface area contributed by atoms with Crippen molar-refractivity contribution in [2.24, 2.45) is 0 Å². The fourth-order valence-electron chi connectivity index (χ4n) is 1.92. The molecule has 1 heterocycles. The Morgan fingerprint density at radius 2 is 2.05 bits per heavy atom. The lowest BCUT2D eigenvalue weighted by molar-refractivity contribution is 0.465. The van der Waals surface area contributed by atoms with Crippen LogP contribution in [0.4, 0.5) is 0 Å². The number of sulfonamides is 1. The summed E-state index contributed by atoms with van der Waals surface area (Å²) >= 11 is 5.85. The number of hydrogen-bond donors (Lipinski definition) is 1. The number of aromatic amines is 1. The van der Waals surface area contributed by atoms with E-state index in [1.54, 1.807) is 19.2 Å². The third-order valence-corrected chi connectivity index (χ3v) is 5.20. The zero-order valence-corrected chi connectivity index (χ0v) is 13.1. The fraction of sp³-hybridized carbons (Fsp3) is 0.308. The Morgan fingerprint density at radius 3 is 2.60 bits per heavy atom. The van der Waals surface area contributed by atoms with E-state index < -0.39 is 10.0 Å². The van der Waals surface area contributed by atoms with Crippen LogP contribution in [0.2, 0.25) is 5.02 Å². The predicted octanol–water partition coefficient (Wildman–Crippen LogP) is 2.50. The lowest BCUT2D eigenvalue weighted by Crippen LogP contribution is -2.27. The first-order valence-electron chi connectivity index (χ1n) is 6.04. The van der Waals surface area contributed by atoms with Crippen LogP contribution in [0.1, 0.15) is 17.0 Å². The van der Waals surface area contributed by atoms with Gasteiger partial charge in [-0.15, -0.1) is 0 Å². The molecule has 0 fully saturated rings. The Kier molecular flexibility index (Phi) is 4.17. The summed E-state index contributed by atoms with van der Waals surface area (Å²) in [4.78, 5) is 0.186. The van der Waals surface area contributed by atoms with Crippen LogP contribution in [0, 0.1) is 13.8 Å². The highest BCUT2D eigenvalue weighted by molar-refractivity contribution is 7.89. The minimum atomic E-state index is -3.56. The first-order valence-corrected chi connectivity index (χ1v) is 7.86. The molecule has 0 radical (unpaired) electrons. The number of aryl methyl sites for hydroxylation is 2. The topological polar surface area (TPSA) is 66.1 Å². The van der Waals surface area contributed by atoms with Gasteiger partial charge in [-0.05, 0) is 32.0 Å². The molecule has 0 saturated heterocycles. The van der Waals surface area contributed by atoms with Gasteiger partial charge in [0.15, 0.2) is 0 Å². The average molecular weight is 314 g/mol. The van der Waals surface area contributed by atoms with E-state index in [0.29, 0.717) is 5.02 Å². The van der Waals surface area contributed by atoms with Crippen molar-refractivity contribution in [1.29, 1.82) is 0 Å². The maximum Gasteiger partial charge on any atom is 0.243 e. The predicted molar refractivity (Wildman–Crippen MR) is 78.2 cm³/mol. The van der Waals surface area contributed by atoms with Crippen LogP contribution < -0.4 is 0 Å². The van der Waals surface area contributed by atoms with Gasteiger partial charge in [0.2, 0.25) is 10.0 Å². The second kappa shape index (κ2) is 5.55. The molecular formula is C13H16ClN3O2S. The molecule has 0 saturated carbocycles. The number of benzene rings is 1. The fourth-order valence-corrected chi connectivity index (χ4v) is 3.36. The summed E-state index contributed by atoms with van der Waals surface area (Å²) in [6.07, 6.45) is 0. The lowest BCUT2D eigenvalue weighted by atomic mass is 10.2. The number of aromatic nitrogens is 2. The molecule has 0 aliphatic rings. The van der Waals surface area contributed by atoms with Crippen molar-refractivity contribution in [1.82, 2.24) is 14.5 Å². The van der Waals surface area contributed by atoms with Crippen LogP contribution in [0.15, 0.2) is 29.2 Å². The molecule has 2 rings (SSSR count). The van der Waals surface area contributed by atoms with Crippen molar-refractivity contribution < 1.29 is 8.42 Å². The van der Waals surface area contributed by atoms with E-state index >= 15 is 0 Å². The first kappa shape index (κ1) is 15.0. The smallest absolute Gasteiger partial charge is 0.243 e. The number of halogens is 1. The van der Waals surface area contributed by atoms with Gasteiger partial charge in [0.25, 0.3) is 0 Å². The van der Waals surface area contributed by atoms with Gasteiger partial charge in [-0.2, -0.15) is 9.40 Å². The summed E-state index contributed by atoms with van der Waals surface area (Å²) in [5.74, 6) is 0. The van der Waals surface area contributed by atoms with E-state index in [4.69, 9.17) is 11.6 Å². The summed E-state index contributed by atoms with van der Waals surface area (Å²) < 4.78 is 26.2. The first-order chi connectivity index (χ1) is 9.32. The normalized spacial score (nSPS) is 12.1. The lowest BCUT2D eigenvalue weighted by Gasteiger charge is -2.17. The molecule has 0 aliphatic carbocycles. The van der Waals surface area contributed by atoms with Crippen molar-refractivity contribution in [2.45, 2.75) is 25.3 Å². The summed E-state index contributed by atoms with van der Waals surface area (Å²) in [6, 6.07) is 6.25. The molecule has 0 amide bonds. The van der Waals surface area contributed by atoms with Gasteiger partial charge >= 0.3 is 0 Å². The molecule has 1 N–H and O–H groups in total. The summed E-state index contributed by atoms with van der Waals surface area (Å²) in [5, 5.41) is 7.32. The third kappa shape index (κ3) is 2.87. The highest BCUT2D eigenvalue weighted by atomic mass is 35.5. The van der Waals surface area contributed by atoms with Gasteiger partial charge in [-0.3, -0.25) is 5.10 Å². The number of nitrogens with one attached hydrogen (secondary N) is 1. The molecular weight excluding hydrogens is 298 g/mol. The molecule has 0 unspecified atom stereocenters. The van der Waals surface area contributed by atoms with Crippen molar-refractivity contribution in [3.05, 3.63) is 46.2 Å². The van der Waals surface area contributed by atoms with E-state index in [2.05, 4.69) is 10.2 Å². The molecule has 20 heavy (non-hydrogen) atoms. The van der Waals surface area contributed by atoms with Crippen LogP contribution in [-0.4, -0.2) is 30.0 Å². The largest absolute Gasteiger partial charge is 0.282 e. The average Bonchev–Trinajstić information content (AvgIpc) is 2.70. The zero-order chi connectivity index (χ0) is 14.9. The van der Waals surface area contributed by atoms with Crippen molar-refractivity contribution in [3.8, 4) is 0 Å². The van der Waals surface area contributed by atoms with Crippen LogP contribution in [0.5, 0.6) is 0 Å². The Hall–Kier alpha value is -1.37. The second-order valence-electron chi connectivity index (χ2n) is 4.63. The Balaban J connectivity index is 2.31. The number of hydrogen-bond acceptors (Lipinski definition) is 3. The number of nitrogens with zero attached hydrogens (tertiary/aromatic N) is 2. The quantitative estimate of drug-likeness (QED) is 0.943. The summed E-state index contributed by atoms with van der Waals surface area (Å²) in [7, 11) is -2.02. The Bertz CT molecular complexity index is 705. The van der Waals surface area contributed by atoms with Crippen LogP contribution >= 0.6 is 11.6 Å². The van der Waals surface area contributed by atoms with E-state index in [1.807, 2.05) is 13.8 Å². The highest BCUT2D eigenvalue weighted by Crippen LogP contribution is 2.21. The van der Waals surface area contributed by atoms with Crippen molar-refractivity contribution >= 4 is 21.6 Å². The molecule has 0 aliphatic heterocycles. The maximum atomic E-state index is 12.5. The zero-order valence-electron chi connectivity index (χ0n) is 11.5. The molecule has 0 spiro atoms. The van der Waals surface area contributed by atoms with Crippen LogP contribution in [0.25, 0.3) is 0 Å². The minimum Gasteiger partial charge on any atom is -0.282 e. The molecule has 0 bridgehead atoms. The SMILES string of the molecule is Cc1n[nH]c(C)c1CN(C)S(=O)(=O)c1cccc(Cl)c1. The maximum absolute atomic E-state index is 12.5. The standard InChI is InChI=1S/C13H16ClN3O2S/c1-9-13(10(2)16-15-9)8-17(3)20(18,19)12-6-4-5-11(14)7-12/h4-7H,8H2,1-3H3,(H,15,16). The summed E-state index contributed by atoms with van der Waals surface area (Å²) in [6.45, 7) is 3.98. The minimum absolute atomic E-state index is 0.186. The third-order valence-electron chi connectivity index (χ3n) is 3.17. The van der Waals surface area contributed by atoms with Crippen molar-refractivity contribution in [3.63, 3.8) is 0 Å². The Labute approximate surface area is 123 Å². The van der Waals surface area contributed by atoms with E-state index in [9.17, 15) is 8.42 Å². The van der Waals surface area contributed by atoms with E-state index in [-0.39, 0.29) is 11.4 Å². The summed E-state index contributed by atoms with van der Waals surface area (Å²) in [5.41, 5.74) is 2.56. The molecule has 0 atom stereocenters. The van der Waals surface area contributed by atoms with Crippen LogP contribution in [0.3, 0.4) is 0 Å². The molecule has 2 aromatic rings. The van der Waals surface area contributed by atoms with E-state index in [0.717, 1.165) is 17.0 Å². The number of H-pyrrole nitrogens is 1. The van der Waals surface area contributed by atoms with Crippen molar-refractivity contribution in [2.75, 3.05) is 7.05 Å². The number of rotatable bonds is 4. The molecule has 5 nitrogen and oxygen atoms in total. The van der Waals surface area contributed by atoms with Gasteiger partial charge in [0.05, 0.1) is 10.6 Å². The molecule has 7 heteroatoms. The van der Waals surface area contributed by atoms with E-state index in [1.165, 1.54) is 16.4 Å². The molecule has 1 aromatic carbocycles. The molecule has 1 aromatic heterocycles. The van der Waals surface area contributed by atoms with Gasteiger partial charge in [-0.25, -0.2) is 8.42 Å². The second-order valence-corrected chi connectivity index (χ2v) is 7.11.